The second kappa shape index (κ2) is 4.09. The van der Waals surface area contributed by atoms with Gasteiger partial charge in [-0.1, -0.05) is 5.16 Å². The van der Waals surface area contributed by atoms with Gasteiger partial charge in [0, 0.05) is 5.56 Å². The zero-order valence-corrected chi connectivity index (χ0v) is 8.93. The monoisotopic (exact) mass is 221 g/mol. The second-order valence-corrected chi connectivity index (χ2v) is 3.03. The van der Waals surface area contributed by atoms with Gasteiger partial charge in [0.05, 0.1) is 14.2 Å². The Morgan fingerprint density at radius 1 is 1.19 bits per heavy atom. The fraction of sp³-hybridized carbons (Fsp3) is 0.200. The quantitative estimate of drug-likeness (QED) is 0.841. The number of hydrogen-bond acceptors (Lipinski definition) is 6. The molecule has 1 aromatic carbocycles. The van der Waals surface area contributed by atoms with E-state index in [1.165, 1.54) is 0 Å². The number of aromatic nitrogens is 2. The Balaban J connectivity index is 2.43. The molecule has 1 heterocycles. The van der Waals surface area contributed by atoms with E-state index in [2.05, 4.69) is 10.1 Å². The zero-order chi connectivity index (χ0) is 11.5. The van der Waals surface area contributed by atoms with Crippen molar-refractivity contribution in [1.82, 2.24) is 10.1 Å². The van der Waals surface area contributed by atoms with E-state index < -0.39 is 0 Å². The Bertz CT molecular complexity index is 496. The molecule has 6 nitrogen and oxygen atoms in total. The van der Waals surface area contributed by atoms with E-state index in [9.17, 15) is 0 Å². The van der Waals surface area contributed by atoms with Gasteiger partial charge >= 0.3 is 6.01 Å². The third-order valence-electron chi connectivity index (χ3n) is 2.08. The highest BCUT2D eigenvalue weighted by Crippen LogP contribution is 2.31. The third-order valence-corrected chi connectivity index (χ3v) is 2.08. The summed E-state index contributed by atoms with van der Waals surface area (Å²) in [4.78, 5) is 3.92. The van der Waals surface area contributed by atoms with Crippen molar-refractivity contribution in [2.45, 2.75) is 0 Å². The number of ether oxygens (including phenoxy) is 2. The summed E-state index contributed by atoms with van der Waals surface area (Å²) < 4.78 is 15.0. The van der Waals surface area contributed by atoms with E-state index in [-0.39, 0.29) is 6.01 Å². The van der Waals surface area contributed by atoms with Crippen LogP contribution in [-0.4, -0.2) is 24.4 Å². The normalized spacial score (nSPS) is 10.1. The van der Waals surface area contributed by atoms with Gasteiger partial charge in [-0.05, 0) is 18.2 Å². The predicted molar refractivity (Wildman–Crippen MR) is 57.3 cm³/mol. The van der Waals surface area contributed by atoms with Crippen LogP contribution >= 0.6 is 0 Å². The summed E-state index contributed by atoms with van der Waals surface area (Å²) in [7, 11) is 3.14. The molecule has 6 heteroatoms. The number of benzene rings is 1. The molecule has 0 aliphatic heterocycles. The number of methoxy groups -OCH3 is 2. The smallest absolute Gasteiger partial charge is 0.319 e. The summed E-state index contributed by atoms with van der Waals surface area (Å²) >= 11 is 0. The first-order valence-electron chi connectivity index (χ1n) is 4.56. The molecule has 16 heavy (non-hydrogen) atoms. The molecule has 0 fully saturated rings. The Morgan fingerprint density at radius 2 is 1.94 bits per heavy atom. The van der Waals surface area contributed by atoms with Gasteiger partial charge < -0.3 is 19.7 Å². The van der Waals surface area contributed by atoms with E-state index in [4.69, 9.17) is 19.7 Å². The largest absolute Gasteiger partial charge is 0.493 e. The Morgan fingerprint density at radius 3 is 2.50 bits per heavy atom. The molecule has 2 rings (SSSR count). The van der Waals surface area contributed by atoms with Crippen molar-refractivity contribution >= 4 is 6.01 Å². The van der Waals surface area contributed by atoms with Crippen LogP contribution in [0.25, 0.3) is 11.4 Å². The lowest BCUT2D eigenvalue weighted by Gasteiger charge is -2.07. The minimum Gasteiger partial charge on any atom is -0.493 e. The number of rotatable bonds is 3. The van der Waals surface area contributed by atoms with Crippen LogP contribution in [0, 0.1) is 0 Å². The number of nitrogens with two attached hydrogens (primary N) is 1. The molecule has 2 aromatic rings. The van der Waals surface area contributed by atoms with Crippen LogP contribution in [0.3, 0.4) is 0 Å². The first kappa shape index (κ1) is 10.3. The van der Waals surface area contributed by atoms with Crippen LogP contribution in [0.1, 0.15) is 0 Å². The molecule has 0 bridgehead atoms. The van der Waals surface area contributed by atoms with Gasteiger partial charge in [0.15, 0.2) is 11.5 Å². The average molecular weight is 221 g/mol. The Kier molecular flexibility index (Phi) is 2.63. The van der Waals surface area contributed by atoms with Crippen molar-refractivity contribution in [2.24, 2.45) is 0 Å². The fourth-order valence-corrected chi connectivity index (χ4v) is 1.33. The fourth-order valence-electron chi connectivity index (χ4n) is 1.33. The first-order chi connectivity index (χ1) is 7.74. The van der Waals surface area contributed by atoms with Gasteiger partial charge in [0.25, 0.3) is 0 Å². The number of nitrogens with zero attached hydrogens (tertiary/aromatic N) is 2. The van der Waals surface area contributed by atoms with Crippen LogP contribution in [0.2, 0.25) is 0 Å². The molecule has 0 atom stereocenters. The lowest BCUT2D eigenvalue weighted by molar-refractivity contribution is 0.355. The summed E-state index contributed by atoms with van der Waals surface area (Å²) in [6, 6.07) is 5.35. The molecule has 0 aliphatic carbocycles. The lowest BCUT2D eigenvalue weighted by Crippen LogP contribution is -1.91. The van der Waals surface area contributed by atoms with Gasteiger partial charge in [-0.15, -0.1) is 0 Å². The molecule has 0 unspecified atom stereocenters. The van der Waals surface area contributed by atoms with Crippen molar-refractivity contribution in [3.8, 4) is 22.9 Å². The summed E-state index contributed by atoms with van der Waals surface area (Å²) in [5.74, 6) is 1.66. The zero-order valence-electron chi connectivity index (χ0n) is 8.93. The van der Waals surface area contributed by atoms with Crippen molar-refractivity contribution in [2.75, 3.05) is 20.0 Å². The molecule has 0 spiro atoms. The number of anilines is 1. The first-order valence-corrected chi connectivity index (χ1v) is 4.56. The highest BCUT2D eigenvalue weighted by atomic mass is 16.5. The molecular formula is C10H11N3O3. The standard InChI is InChI=1S/C10H11N3O3/c1-14-7-4-3-6(5-8(7)15-2)9-12-10(11)16-13-9/h3-5H,1-2H3,(H2,11,12,13). The summed E-state index contributed by atoms with van der Waals surface area (Å²) in [5, 5.41) is 3.71. The molecule has 0 amide bonds. The summed E-state index contributed by atoms with van der Waals surface area (Å²) in [6.45, 7) is 0. The SMILES string of the molecule is COc1ccc(-c2noc(N)n2)cc1OC. The van der Waals surface area contributed by atoms with Crippen molar-refractivity contribution in [3.05, 3.63) is 18.2 Å². The van der Waals surface area contributed by atoms with E-state index in [1.54, 1.807) is 32.4 Å². The molecule has 2 N–H and O–H groups in total. The maximum Gasteiger partial charge on any atom is 0.319 e. The molecule has 0 radical (unpaired) electrons. The van der Waals surface area contributed by atoms with Gasteiger partial charge in [-0.25, -0.2) is 0 Å². The van der Waals surface area contributed by atoms with Crippen LogP contribution in [0.4, 0.5) is 6.01 Å². The summed E-state index contributed by atoms with van der Waals surface area (Å²) in [5.41, 5.74) is 6.09. The van der Waals surface area contributed by atoms with E-state index in [0.717, 1.165) is 5.56 Å². The number of hydrogen-bond donors (Lipinski definition) is 1. The van der Waals surface area contributed by atoms with E-state index in [0.29, 0.717) is 17.3 Å². The third kappa shape index (κ3) is 1.77. The van der Waals surface area contributed by atoms with Gasteiger partial charge in [-0.3, -0.25) is 0 Å². The molecule has 1 aromatic heterocycles. The lowest BCUT2D eigenvalue weighted by atomic mass is 10.2. The minimum atomic E-state index is 0.0322. The molecule has 0 aliphatic rings. The van der Waals surface area contributed by atoms with Gasteiger partial charge in [0.2, 0.25) is 5.82 Å². The molecule has 0 saturated carbocycles. The minimum absolute atomic E-state index is 0.0322. The van der Waals surface area contributed by atoms with Crippen molar-refractivity contribution < 1.29 is 14.0 Å². The van der Waals surface area contributed by atoms with E-state index in [1.807, 2.05) is 0 Å². The Labute approximate surface area is 92.0 Å². The Hall–Kier alpha value is -2.24. The van der Waals surface area contributed by atoms with Crippen molar-refractivity contribution in [3.63, 3.8) is 0 Å². The molecule has 84 valence electrons. The van der Waals surface area contributed by atoms with Gasteiger partial charge in [-0.2, -0.15) is 4.98 Å². The maximum absolute atomic E-state index is 5.35. The average Bonchev–Trinajstić information content (AvgIpc) is 2.75. The van der Waals surface area contributed by atoms with Crippen LogP contribution < -0.4 is 15.2 Å². The highest BCUT2D eigenvalue weighted by Gasteiger charge is 2.10. The second-order valence-electron chi connectivity index (χ2n) is 3.03. The topological polar surface area (TPSA) is 83.4 Å². The highest BCUT2D eigenvalue weighted by molar-refractivity contribution is 5.61. The van der Waals surface area contributed by atoms with Crippen LogP contribution in [0.15, 0.2) is 22.7 Å². The van der Waals surface area contributed by atoms with Crippen LogP contribution in [-0.2, 0) is 0 Å². The summed E-state index contributed by atoms with van der Waals surface area (Å²) in [6.07, 6.45) is 0. The van der Waals surface area contributed by atoms with Crippen molar-refractivity contribution in [1.29, 1.82) is 0 Å². The predicted octanol–water partition coefficient (Wildman–Crippen LogP) is 1.34. The molecular weight excluding hydrogens is 210 g/mol. The maximum atomic E-state index is 5.35. The number of nitrogen functional groups attached to an aromatic ring is 1. The van der Waals surface area contributed by atoms with Gasteiger partial charge in [0.1, 0.15) is 0 Å². The van der Waals surface area contributed by atoms with Crippen LogP contribution in [0.5, 0.6) is 11.5 Å². The molecule has 0 saturated heterocycles. The van der Waals surface area contributed by atoms with E-state index >= 15 is 0 Å².